The molecule has 24 heavy (non-hydrogen) atoms. The zero-order valence-corrected chi connectivity index (χ0v) is 15.4. The number of likely N-dealkylation sites (N-methyl/N-ethyl adjacent to an activating group) is 1. The molecule has 2 heterocycles. The van der Waals surface area contributed by atoms with Gasteiger partial charge in [0.25, 0.3) is 0 Å². The van der Waals surface area contributed by atoms with Crippen LogP contribution in [-0.4, -0.2) is 62.7 Å². The Morgan fingerprint density at radius 2 is 1.96 bits per heavy atom. The number of aromatic nitrogens is 1. The summed E-state index contributed by atoms with van der Waals surface area (Å²) in [6.45, 7) is 8.23. The van der Waals surface area contributed by atoms with E-state index in [1.807, 2.05) is 13.2 Å². The van der Waals surface area contributed by atoms with E-state index in [1.54, 1.807) is 0 Å². The molecule has 1 aliphatic rings. The van der Waals surface area contributed by atoms with Crippen molar-refractivity contribution >= 4 is 11.8 Å². The first-order valence-corrected chi connectivity index (χ1v) is 9.06. The van der Waals surface area contributed by atoms with Crippen LogP contribution in [0.15, 0.2) is 23.3 Å². The molecule has 0 radical (unpaired) electrons. The van der Waals surface area contributed by atoms with Crippen molar-refractivity contribution in [3.8, 4) is 0 Å². The first-order chi connectivity index (χ1) is 11.7. The van der Waals surface area contributed by atoms with Crippen molar-refractivity contribution in [2.24, 2.45) is 4.99 Å². The molecule has 134 valence electrons. The van der Waals surface area contributed by atoms with E-state index in [2.05, 4.69) is 56.5 Å². The number of aliphatic imine (C=N–C) groups is 1. The minimum Gasteiger partial charge on any atom is -0.356 e. The normalized spacial score (nSPS) is 16.3. The van der Waals surface area contributed by atoms with Gasteiger partial charge in [-0.05, 0) is 25.1 Å². The van der Waals surface area contributed by atoms with Crippen LogP contribution in [0.1, 0.15) is 31.7 Å². The van der Waals surface area contributed by atoms with Gasteiger partial charge in [0.15, 0.2) is 5.96 Å². The van der Waals surface area contributed by atoms with E-state index < -0.39 is 0 Å². The van der Waals surface area contributed by atoms with Gasteiger partial charge in [0.05, 0.1) is 0 Å². The first kappa shape index (κ1) is 18.5. The monoisotopic (exact) mass is 332 g/mol. The van der Waals surface area contributed by atoms with Crippen LogP contribution in [0.3, 0.4) is 0 Å². The molecule has 1 aromatic rings. The van der Waals surface area contributed by atoms with Crippen LogP contribution < -0.4 is 15.5 Å². The van der Waals surface area contributed by atoms with Gasteiger partial charge in [-0.3, -0.25) is 4.99 Å². The summed E-state index contributed by atoms with van der Waals surface area (Å²) in [5.41, 5.74) is 1.17. The van der Waals surface area contributed by atoms with E-state index in [0.717, 1.165) is 51.0 Å². The van der Waals surface area contributed by atoms with Crippen LogP contribution in [0.25, 0.3) is 0 Å². The van der Waals surface area contributed by atoms with E-state index in [4.69, 9.17) is 0 Å². The minimum atomic E-state index is 0.740. The molecule has 1 aliphatic heterocycles. The standard InChI is InChI=1S/C18H32N6/c1-4-5-6-9-20-18(19-2)22-15-16-7-8-17(21-14-16)24-12-10-23(3)11-13-24/h7-8,14H,4-6,9-13,15H2,1-3H3,(H2,19,20,22). The first-order valence-electron chi connectivity index (χ1n) is 9.06. The van der Waals surface area contributed by atoms with Gasteiger partial charge in [-0.25, -0.2) is 4.98 Å². The number of guanidine groups is 1. The molecule has 1 fully saturated rings. The molecule has 0 unspecified atom stereocenters. The maximum absolute atomic E-state index is 4.62. The molecule has 0 aromatic carbocycles. The summed E-state index contributed by atoms with van der Waals surface area (Å²) in [5.74, 6) is 1.93. The number of pyridine rings is 1. The Hall–Kier alpha value is -1.82. The van der Waals surface area contributed by atoms with Crippen molar-refractivity contribution in [2.75, 3.05) is 51.7 Å². The topological polar surface area (TPSA) is 55.8 Å². The third-order valence-corrected chi connectivity index (χ3v) is 4.39. The number of nitrogens with zero attached hydrogens (tertiary/aromatic N) is 4. The fourth-order valence-electron chi connectivity index (χ4n) is 2.73. The zero-order chi connectivity index (χ0) is 17.2. The minimum absolute atomic E-state index is 0.740. The Morgan fingerprint density at radius 3 is 2.58 bits per heavy atom. The van der Waals surface area contributed by atoms with E-state index in [-0.39, 0.29) is 0 Å². The predicted octanol–water partition coefficient (Wildman–Crippen LogP) is 1.69. The summed E-state index contributed by atoms with van der Waals surface area (Å²) in [5, 5.41) is 6.69. The van der Waals surface area contributed by atoms with Crippen LogP contribution in [0.2, 0.25) is 0 Å². The number of hydrogen-bond donors (Lipinski definition) is 2. The van der Waals surface area contributed by atoms with Crippen LogP contribution in [0, 0.1) is 0 Å². The summed E-state index contributed by atoms with van der Waals surface area (Å²) in [7, 11) is 3.98. The molecule has 1 aromatic heterocycles. The maximum Gasteiger partial charge on any atom is 0.191 e. The summed E-state index contributed by atoms with van der Waals surface area (Å²) in [6.07, 6.45) is 5.63. The molecular formula is C18H32N6. The lowest BCUT2D eigenvalue weighted by Gasteiger charge is -2.33. The summed E-state index contributed by atoms with van der Waals surface area (Å²) in [6, 6.07) is 4.28. The van der Waals surface area contributed by atoms with Gasteiger partial charge >= 0.3 is 0 Å². The van der Waals surface area contributed by atoms with Gasteiger partial charge in [0.2, 0.25) is 0 Å². The lowest BCUT2D eigenvalue weighted by molar-refractivity contribution is 0.312. The Balaban J connectivity index is 1.76. The number of anilines is 1. The van der Waals surface area contributed by atoms with E-state index in [0.29, 0.717) is 0 Å². The second-order valence-corrected chi connectivity index (χ2v) is 6.37. The number of hydrogen-bond acceptors (Lipinski definition) is 4. The molecule has 0 saturated carbocycles. The lowest BCUT2D eigenvalue weighted by Crippen LogP contribution is -2.44. The third-order valence-electron chi connectivity index (χ3n) is 4.39. The fourth-order valence-corrected chi connectivity index (χ4v) is 2.73. The molecule has 6 nitrogen and oxygen atoms in total. The number of rotatable bonds is 7. The van der Waals surface area contributed by atoms with Gasteiger partial charge in [-0.15, -0.1) is 0 Å². The van der Waals surface area contributed by atoms with Crippen molar-refractivity contribution in [2.45, 2.75) is 32.7 Å². The predicted molar refractivity (Wildman–Crippen MR) is 102 cm³/mol. The zero-order valence-electron chi connectivity index (χ0n) is 15.4. The van der Waals surface area contributed by atoms with Gasteiger partial charge < -0.3 is 20.4 Å². The van der Waals surface area contributed by atoms with E-state index in [9.17, 15) is 0 Å². The van der Waals surface area contributed by atoms with Crippen LogP contribution in [0.5, 0.6) is 0 Å². The molecule has 0 bridgehead atoms. The Morgan fingerprint density at radius 1 is 1.17 bits per heavy atom. The Kier molecular flexibility index (Phi) is 7.82. The molecule has 0 aliphatic carbocycles. The van der Waals surface area contributed by atoms with Crippen LogP contribution >= 0.6 is 0 Å². The van der Waals surface area contributed by atoms with Crippen molar-refractivity contribution in [3.63, 3.8) is 0 Å². The van der Waals surface area contributed by atoms with Crippen molar-refractivity contribution in [1.29, 1.82) is 0 Å². The van der Waals surface area contributed by atoms with Gasteiger partial charge in [-0.1, -0.05) is 25.8 Å². The lowest BCUT2D eigenvalue weighted by atomic mass is 10.2. The highest BCUT2D eigenvalue weighted by atomic mass is 15.3. The molecular weight excluding hydrogens is 300 g/mol. The molecule has 6 heteroatoms. The Labute approximate surface area is 146 Å². The molecule has 2 N–H and O–H groups in total. The molecule has 0 spiro atoms. The van der Waals surface area contributed by atoms with Gasteiger partial charge in [0.1, 0.15) is 5.82 Å². The van der Waals surface area contributed by atoms with E-state index in [1.165, 1.54) is 24.8 Å². The number of piperazine rings is 1. The Bertz CT molecular complexity index is 491. The summed E-state index contributed by atoms with van der Waals surface area (Å²) < 4.78 is 0. The molecule has 1 saturated heterocycles. The number of unbranched alkanes of at least 4 members (excludes halogenated alkanes) is 2. The van der Waals surface area contributed by atoms with Crippen LogP contribution in [-0.2, 0) is 6.54 Å². The average Bonchev–Trinajstić information content (AvgIpc) is 2.62. The third kappa shape index (κ3) is 6.00. The van der Waals surface area contributed by atoms with Gasteiger partial charge in [-0.2, -0.15) is 0 Å². The van der Waals surface area contributed by atoms with Gasteiger partial charge in [0, 0.05) is 52.5 Å². The second kappa shape index (κ2) is 10.1. The average molecular weight is 332 g/mol. The molecule has 2 rings (SSSR count). The van der Waals surface area contributed by atoms with Crippen LogP contribution in [0.4, 0.5) is 5.82 Å². The highest BCUT2D eigenvalue weighted by Crippen LogP contribution is 2.13. The summed E-state index contributed by atoms with van der Waals surface area (Å²) >= 11 is 0. The highest BCUT2D eigenvalue weighted by molar-refractivity contribution is 5.79. The van der Waals surface area contributed by atoms with Crippen molar-refractivity contribution in [1.82, 2.24) is 20.5 Å². The fraction of sp³-hybridized carbons (Fsp3) is 0.667. The largest absolute Gasteiger partial charge is 0.356 e. The summed E-state index contributed by atoms with van der Waals surface area (Å²) in [4.78, 5) is 13.6. The molecule has 0 atom stereocenters. The smallest absolute Gasteiger partial charge is 0.191 e. The van der Waals surface area contributed by atoms with Crippen molar-refractivity contribution < 1.29 is 0 Å². The molecule has 0 amide bonds. The number of nitrogens with one attached hydrogen (secondary N) is 2. The SMILES string of the molecule is CCCCCNC(=NC)NCc1ccc(N2CCN(C)CC2)nc1. The van der Waals surface area contributed by atoms with Crippen molar-refractivity contribution in [3.05, 3.63) is 23.9 Å². The highest BCUT2D eigenvalue weighted by Gasteiger charge is 2.14. The maximum atomic E-state index is 4.62. The van der Waals surface area contributed by atoms with E-state index >= 15 is 0 Å². The quantitative estimate of drug-likeness (QED) is 0.452. The second-order valence-electron chi connectivity index (χ2n) is 6.37.